The number of pyridine rings is 1. The topological polar surface area (TPSA) is 77.6 Å². The Morgan fingerprint density at radius 2 is 1.90 bits per heavy atom. The van der Waals surface area contributed by atoms with Gasteiger partial charge >= 0.3 is 0 Å². The largest absolute Gasteiger partial charge is 0.325 e. The van der Waals surface area contributed by atoms with Crippen molar-refractivity contribution in [3.05, 3.63) is 78.2 Å². The number of thioether (sulfide) groups is 1. The Morgan fingerprint density at radius 3 is 2.62 bits per heavy atom. The van der Waals surface area contributed by atoms with Crippen molar-refractivity contribution >= 4 is 23.4 Å². The van der Waals surface area contributed by atoms with Crippen LogP contribution in [0.5, 0.6) is 0 Å². The number of hydrogen-bond donors (Lipinski definition) is 1. The Hall–Kier alpha value is -3.39. The van der Waals surface area contributed by atoms with Gasteiger partial charge in [-0.15, -0.1) is 10.2 Å². The van der Waals surface area contributed by atoms with E-state index in [2.05, 4.69) is 20.5 Å². The average molecular weight is 404 g/mol. The van der Waals surface area contributed by atoms with Crippen LogP contribution in [0.2, 0.25) is 0 Å². The summed E-state index contributed by atoms with van der Waals surface area (Å²) in [5, 5.41) is 12.2. The number of carbonyl (C=O) groups excluding carboxylic acids is 1. The minimum Gasteiger partial charge on any atom is -0.325 e. The summed E-state index contributed by atoms with van der Waals surface area (Å²) in [6.45, 7) is 4.01. The first-order valence-corrected chi connectivity index (χ1v) is 10.1. The highest BCUT2D eigenvalue weighted by Gasteiger charge is 2.18. The molecule has 1 N–H and O–H groups in total. The van der Waals surface area contributed by atoms with Crippen LogP contribution in [0.4, 0.5) is 5.69 Å². The van der Waals surface area contributed by atoms with Gasteiger partial charge < -0.3 is 5.32 Å². The first-order chi connectivity index (χ1) is 14.1. The molecule has 0 saturated heterocycles. The van der Waals surface area contributed by atoms with E-state index < -0.39 is 0 Å². The molecule has 4 rings (SSSR count). The predicted octanol–water partition coefficient (Wildman–Crippen LogP) is 3.80. The molecule has 0 aliphatic heterocycles. The molecule has 0 spiro atoms. The van der Waals surface area contributed by atoms with Crippen LogP contribution >= 0.6 is 11.8 Å². The van der Waals surface area contributed by atoms with Crippen molar-refractivity contribution in [3.8, 4) is 11.5 Å². The van der Waals surface area contributed by atoms with Gasteiger partial charge in [0.1, 0.15) is 5.69 Å². The quantitative estimate of drug-likeness (QED) is 0.495. The third-order valence-corrected chi connectivity index (χ3v) is 5.23. The molecular formula is C21H20N6OS. The van der Waals surface area contributed by atoms with Gasteiger partial charge in [0.15, 0.2) is 0 Å². The lowest BCUT2D eigenvalue weighted by Gasteiger charge is -2.11. The second-order valence-electron chi connectivity index (χ2n) is 6.55. The molecule has 1 aromatic carbocycles. The Kier molecular flexibility index (Phi) is 5.44. The van der Waals surface area contributed by atoms with E-state index in [1.807, 2.05) is 84.1 Å². The van der Waals surface area contributed by atoms with Crippen LogP contribution in [-0.4, -0.2) is 36.2 Å². The van der Waals surface area contributed by atoms with Crippen LogP contribution in [-0.2, 0) is 4.79 Å². The van der Waals surface area contributed by atoms with Crippen LogP contribution in [0.25, 0.3) is 11.5 Å². The molecule has 0 unspecified atom stereocenters. The molecule has 0 aliphatic carbocycles. The van der Waals surface area contributed by atoms with Crippen molar-refractivity contribution in [2.24, 2.45) is 0 Å². The van der Waals surface area contributed by atoms with Crippen LogP contribution in [0.3, 0.4) is 0 Å². The molecule has 8 heteroatoms. The van der Waals surface area contributed by atoms with Gasteiger partial charge in [-0.25, -0.2) is 4.68 Å². The zero-order chi connectivity index (χ0) is 20.2. The number of anilines is 1. The number of hydrogen-bond acceptors (Lipinski definition) is 5. The molecular weight excluding hydrogens is 384 g/mol. The number of nitrogens with zero attached hydrogens (tertiary/aromatic N) is 5. The van der Waals surface area contributed by atoms with Crippen LogP contribution in [0.15, 0.2) is 72.3 Å². The van der Waals surface area contributed by atoms with Gasteiger partial charge in [-0.1, -0.05) is 35.5 Å². The van der Waals surface area contributed by atoms with Crippen LogP contribution in [0.1, 0.15) is 11.1 Å². The van der Waals surface area contributed by atoms with Crippen molar-refractivity contribution < 1.29 is 4.79 Å². The van der Waals surface area contributed by atoms with E-state index in [0.29, 0.717) is 16.7 Å². The number of aromatic nitrogens is 5. The highest BCUT2D eigenvalue weighted by atomic mass is 32.2. The molecule has 1 amide bonds. The normalized spacial score (nSPS) is 10.8. The number of nitrogens with one attached hydrogen (secondary N) is 1. The summed E-state index contributed by atoms with van der Waals surface area (Å²) < 4.78 is 3.71. The zero-order valence-electron chi connectivity index (χ0n) is 16.1. The maximum Gasteiger partial charge on any atom is 0.234 e. The van der Waals surface area contributed by atoms with Crippen LogP contribution in [0, 0.1) is 13.8 Å². The molecule has 0 aliphatic rings. The number of aryl methyl sites for hydroxylation is 2. The molecule has 29 heavy (non-hydrogen) atoms. The Bertz CT molecular complexity index is 1120. The smallest absolute Gasteiger partial charge is 0.234 e. The lowest BCUT2D eigenvalue weighted by molar-refractivity contribution is -0.113. The standard InChI is InChI=1S/C21H20N6OS/c1-15-8-9-17(16(2)13-15)23-19(28)14-29-21-25-24-20(18-7-3-4-10-22-18)27(21)26-11-5-6-12-26/h3-13H,14H2,1-2H3,(H,23,28). The predicted molar refractivity (Wildman–Crippen MR) is 114 cm³/mol. The third-order valence-electron chi connectivity index (χ3n) is 4.31. The molecule has 0 radical (unpaired) electrons. The maximum absolute atomic E-state index is 12.5. The lowest BCUT2D eigenvalue weighted by atomic mass is 10.1. The van der Waals surface area contributed by atoms with Gasteiger partial charge in [0.25, 0.3) is 0 Å². The van der Waals surface area contributed by atoms with Crippen molar-refractivity contribution in [2.75, 3.05) is 11.1 Å². The van der Waals surface area contributed by atoms with Gasteiger partial charge in [0.2, 0.25) is 16.9 Å². The summed E-state index contributed by atoms with van der Waals surface area (Å²) in [5.74, 6) is 0.733. The number of amides is 1. The summed E-state index contributed by atoms with van der Waals surface area (Å²) in [5.41, 5.74) is 3.73. The van der Waals surface area contributed by atoms with E-state index in [-0.39, 0.29) is 11.7 Å². The molecule has 0 saturated carbocycles. The second kappa shape index (κ2) is 8.32. The Morgan fingerprint density at radius 1 is 1.07 bits per heavy atom. The maximum atomic E-state index is 12.5. The average Bonchev–Trinajstić information content (AvgIpc) is 3.38. The van der Waals surface area contributed by atoms with Gasteiger partial charge in [0, 0.05) is 24.3 Å². The van der Waals surface area contributed by atoms with E-state index in [1.165, 1.54) is 11.8 Å². The van der Waals surface area contributed by atoms with Crippen molar-refractivity contribution in [1.29, 1.82) is 0 Å². The third kappa shape index (κ3) is 4.22. The van der Waals surface area contributed by atoms with Gasteiger partial charge in [-0.3, -0.25) is 14.5 Å². The number of rotatable bonds is 6. The minimum absolute atomic E-state index is 0.0941. The first-order valence-electron chi connectivity index (χ1n) is 9.12. The number of carbonyl (C=O) groups is 1. The van der Waals surface area contributed by atoms with Crippen molar-refractivity contribution in [3.63, 3.8) is 0 Å². The second-order valence-corrected chi connectivity index (χ2v) is 7.49. The van der Waals surface area contributed by atoms with E-state index in [1.54, 1.807) is 6.20 Å². The van der Waals surface area contributed by atoms with Gasteiger partial charge in [-0.05, 0) is 49.7 Å². The molecule has 0 bridgehead atoms. The van der Waals surface area contributed by atoms with E-state index in [9.17, 15) is 4.79 Å². The zero-order valence-corrected chi connectivity index (χ0v) is 16.9. The van der Waals surface area contributed by atoms with Gasteiger partial charge in [0.05, 0.1) is 5.75 Å². The molecule has 0 fully saturated rings. The van der Waals surface area contributed by atoms with E-state index in [4.69, 9.17) is 0 Å². The van der Waals surface area contributed by atoms with Crippen molar-refractivity contribution in [2.45, 2.75) is 19.0 Å². The summed E-state index contributed by atoms with van der Waals surface area (Å²) in [6.07, 6.45) is 5.51. The fourth-order valence-corrected chi connectivity index (χ4v) is 3.68. The highest BCUT2D eigenvalue weighted by Crippen LogP contribution is 2.23. The van der Waals surface area contributed by atoms with Gasteiger partial charge in [-0.2, -0.15) is 0 Å². The monoisotopic (exact) mass is 404 g/mol. The van der Waals surface area contributed by atoms with Crippen molar-refractivity contribution in [1.82, 2.24) is 24.5 Å². The van der Waals surface area contributed by atoms with Crippen LogP contribution < -0.4 is 5.32 Å². The fourth-order valence-electron chi connectivity index (χ4n) is 2.95. The first kappa shape index (κ1) is 18.9. The van der Waals surface area contributed by atoms with E-state index >= 15 is 0 Å². The molecule has 0 atom stereocenters. The minimum atomic E-state index is -0.0941. The summed E-state index contributed by atoms with van der Waals surface area (Å²) in [4.78, 5) is 16.9. The summed E-state index contributed by atoms with van der Waals surface area (Å²) in [6, 6.07) is 15.4. The highest BCUT2D eigenvalue weighted by molar-refractivity contribution is 7.99. The number of benzene rings is 1. The lowest BCUT2D eigenvalue weighted by Crippen LogP contribution is -2.16. The Labute approximate surface area is 172 Å². The molecule has 3 aromatic heterocycles. The molecule has 3 heterocycles. The molecule has 7 nitrogen and oxygen atoms in total. The summed E-state index contributed by atoms with van der Waals surface area (Å²) in [7, 11) is 0. The Balaban J connectivity index is 1.54. The molecule has 146 valence electrons. The van der Waals surface area contributed by atoms with E-state index in [0.717, 1.165) is 16.8 Å². The molecule has 4 aromatic rings. The SMILES string of the molecule is Cc1ccc(NC(=O)CSc2nnc(-c3ccccn3)n2-n2cccc2)c(C)c1. The fraction of sp³-hybridized carbons (Fsp3) is 0.143. The summed E-state index contributed by atoms with van der Waals surface area (Å²) >= 11 is 1.33.